The molecule has 4 rings (SSSR count). The van der Waals surface area contributed by atoms with Gasteiger partial charge in [0.05, 0.1) is 16.3 Å². The molecule has 0 bridgehead atoms. The van der Waals surface area contributed by atoms with Crippen LogP contribution in [0, 0.1) is 12.8 Å². The molecule has 1 amide bonds. The summed E-state index contributed by atoms with van der Waals surface area (Å²) in [4.78, 5) is 30.2. The molecule has 1 saturated carbocycles. The van der Waals surface area contributed by atoms with E-state index in [1.807, 2.05) is 13.0 Å². The van der Waals surface area contributed by atoms with Crippen LogP contribution in [0.25, 0.3) is 0 Å². The Labute approximate surface area is 144 Å². The zero-order chi connectivity index (χ0) is 16.7. The number of Topliss-reactive ketones (excluding diaryl/α,β-unsaturated/α-hetero) is 1. The highest BCUT2D eigenvalue weighted by Crippen LogP contribution is 2.34. The van der Waals surface area contributed by atoms with Gasteiger partial charge in [0.1, 0.15) is 23.3 Å². The molecule has 2 heterocycles. The van der Waals surface area contributed by atoms with Gasteiger partial charge in [0.25, 0.3) is 5.91 Å². The smallest absolute Gasteiger partial charge is 0.263 e. The molecule has 5 nitrogen and oxygen atoms in total. The van der Waals surface area contributed by atoms with Crippen molar-refractivity contribution in [2.24, 2.45) is 5.92 Å². The van der Waals surface area contributed by atoms with E-state index in [1.54, 1.807) is 18.2 Å². The van der Waals surface area contributed by atoms with Gasteiger partial charge in [-0.1, -0.05) is 12.1 Å². The van der Waals surface area contributed by atoms with E-state index < -0.39 is 6.04 Å². The average Bonchev–Trinajstić information content (AvgIpc) is 3.31. The van der Waals surface area contributed by atoms with Crippen LogP contribution < -0.4 is 10.1 Å². The number of amides is 1. The van der Waals surface area contributed by atoms with Crippen molar-refractivity contribution in [2.45, 2.75) is 32.2 Å². The van der Waals surface area contributed by atoms with E-state index in [-0.39, 0.29) is 18.3 Å². The van der Waals surface area contributed by atoms with Crippen LogP contribution in [0.2, 0.25) is 0 Å². The van der Waals surface area contributed by atoms with Crippen LogP contribution in [0.3, 0.4) is 0 Å². The number of aromatic nitrogens is 1. The molecular formula is C18H18N2O3S. The molecule has 0 radical (unpaired) electrons. The van der Waals surface area contributed by atoms with Crippen LogP contribution in [-0.4, -0.2) is 29.3 Å². The number of carbonyl (C=O) groups excluding carboxylic acids is 2. The van der Waals surface area contributed by atoms with E-state index >= 15 is 0 Å². The fourth-order valence-corrected chi connectivity index (χ4v) is 3.96. The van der Waals surface area contributed by atoms with Crippen molar-refractivity contribution in [2.75, 3.05) is 6.61 Å². The zero-order valence-corrected chi connectivity index (χ0v) is 14.2. The number of aryl methyl sites for hydroxylation is 1. The van der Waals surface area contributed by atoms with Gasteiger partial charge in [-0.25, -0.2) is 4.98 Å². The van der Waals surface area contributed by atoms with Gasteiger partial charge in [0.2, 0.25) is 0 Å². The lowest BCUT2D eigenvalue weighted by atomic mass is 10.0. The second kappa shape index (κ2) is 6.02. The van der Waals surface area contributed by atoms with Crippen molar-refractivity contribution >= 4 is 23.0 Å². The van der Waals surface area contributed by atoms with Crippen molar-refractivity contribution in [3.63, 3.8) is 0 Å². The Morgan fingerprint density at radius 1 is 1.38 bits per heavy atom. The van der Waals surface area contributed by atoms with Crippen molar-refractivity contribution in [1.82, 2.24) is 10.3 Å². The summed E-state index contributed by atoms with van der Waals surface area (Å²) in [6.45, 7) is 2.00. The predicted molar refractivity (Wildman–Crippen MR) is 90.8 cm³/mol. The molecule has 1 aromatic carbocycles. The monoisotopic (exact) mass is 342 g/mol. The van der Waals surface area contributed by atoms with Gasteiger partial charge in [-0.2, -0.15) is 0 Å². The van der Waals surface area contributed by atoms with Crippen LogP contribution in [0.1, 0.15) is 43.6 Å². The summed E-state index contributed by atoms with van der Waals surface area (Å²) < 4.78 is 5.59. The summed E-state index contributed by atoms with van der Waals surface area (Å²) in [7, 11) is 0. The van der Waals surface area contributed by atoms with Crippen LogP contribution in [-0.2, 0) is 6.42 Å². The minimum Gasteiger partial charge on any atom is -0.490 e. The van der Waals surface area contributed by atoms with Gasteiger partial charge in [0.15, 0.2) is 5.78 Å². The number of nitrogens with one attached hydrogen (secondary N) is 1. The Morgan fingerprint density at radius 3 is 2.96 bits per heavy atom. The van der Waals surface area contributed by atoms with E-state index in [0.29, 0.717) is 16.2 Å². The molecular weight excluding hydrogens is 324 g/mol. The maximum absolute atomic E-state index is 12.6. The molecule has 6 heteroatoms. The summed E-state index contributed by atoms with van der Waals surface area (Å²) in [5.74, 6) is 0.962. The van der Waals surface area contributed by atoms with Crippen molar-refractivity contribution in [3.8, 4) is 5.75 Å². The van der Waals surface area contributed by atoms with Crippen LogP contribution in [0.5, 0.6) is 5.75 Å². The first kappa shape index (κ1) is 15.3. The lowest BCUT2D eigenvalue weighted by Crippen LogP contribution is -2.47. The highest BCUT2D eigenvalue weighted by molar-refractivity contribution is 7.13. The highest BCUT2D eigenvalue weighted by atomic mass is 32.1. The molecule has 0 spiro atoms. The predicted octanol–water partition coefficient (Wildman–Crippen LogP) is 2.78. The third-order valence-electron chi connectivity index (χ3n) is 4.39. The topological polar surface area (TPSA) is 68.3 Å². The number of fused-ring (bicyclic) bond motifs is 1. The van der Waals surface area contributed by atoms with E-state index in [2.05, 4.69) is 10.3 Å². The first-order chi connectivity index (χ1) is 11.6. The van der Waals surface area contributed by atoms with Crippen molar-refractivity contribution < 1.29 is 14.3 Å². The Bertz CT molecular complexity index is 810. The fourth-order valence-electron chi connectivity index (χ4n) is 2.88. The zero-order valence-electron chi connectivity index (χ0n) is 13.4. The molecule has 1 aliphatic carbocycles. The molecule has 1 atom stereocenters. The lowest BCUT2D eigenvalue weighted by Gasteiger charge is -2.24. The number of ether oxygens (including phenoxy) is 1. The highest BCUT2D eigenvalue weighted by Gasteiger charge is 2.31. The second-order valence-corrected chi connectivity index (χ2v) is 7.45. The molecule has 1 fully saturated rings. The third-order valence-corrected chi connectivity index (χ3v) is 5.57. The van der Waals surface area contributed by atoms with Crippen LogP contribution in [0.4, 0.5) is 0 Å². The Morgan fingerprint density at radius 2 is 2.17 bits per heavy atom. The molecule has 124 valence electrons. The molecule has 0 saturated heterocycles. The Hall–Kier alpha value is -2.21. The largest absolute Gasteiger partial charge is 0.490 e. The summed E-state index contributed by atoms with van der Waals surface area (Å²) >= 11 is 1.44. The summed E-state index contributed by atoms with van der Waals surface area (Å²) in [5, 5.41) is 3.82. The summed E-state index contributed by atoms with van der Waals surface area (Å²) in [5.41, 5.74) is 1.25. The molecule has 24 heavy (non-hydrogen) atoms. The summed E-state index contributed by atoms with van der Waals surface area (Å²) in [6.07, 6.45) is 3.47. The van der Waals surface area contributed by atoms with Crippen molar-refractivity contribution in [3.05, 3.63) is 45.4 Å². The third kappa shape index (κ3) is 2.94. The molecule has 1 aliphatic heterocycles. The number of para-hydroxylation sites is 1. The maximum Gasteiger partial charge on any atom is 0.263 e. The number of benzene rings is 1. The van der Waals surface area contributed by atoms with Gasteiger partial charge in [-0.15, -0.1) is 11.3 Å². The first-order valence-corrected chi connectivity index (χ1v) is 8.96. The normalized spacial score (nSPS) is 19.5. The first-order valence-electron chi connectivity index (χ1n) is 8.15. The lowest BCUT2D eigenvalue weighted by molar-refractivity contribution is 0.0796. The molecule has 2 aliphatic rings. The quantitative estimate of drug-likeness (QED) is 0.928. The SMILES string of the molecule is Cc1nc(CC2CC2)sc1C(=O)NC1COc2ccccc2C1=O. The second-order valence-electron chi connectivity index (χ2n) is 6.37. The minimum absolute atomic E-state index is 0.106. The van der Waals surface area contributed by atoms with Gasteiger partial charge < -0.3 is 10.1 Å². The minimum atomic E-state index is -0.652. The Balaban J connectivity index is 1.48. The van der Waals surface area contributed by atoms with E-state index in [0.717, 1.165) is 23.0 Å². The standard InChI is InChI=1S/C18H18N2O3S/c1-10-17(24-15(19-10)8-11-6-7-11)18(22)20-13-9-23-14-5-3-2-4-12(14)16(13)21/h2-5,11,13H,6-9H2,1H3,(H,20,22). The maximum atomic E-state index is 12.6. The van der Waals surface area contributed by atoms with Gasteiger partial charge in [-0.05, 0) is 37.8 Å². The number of rotatable bonds is 4. The van der Waals surface area contributed by atoms with Crippen LogP contribution >= 0.6 is 11.3 Å². The summed E-state index contributed by atoms with van der Waals surface area (Å²) in [6, 6.07) is 6.46. The van der Waals surface area contributed by atoms with Gasteiger partial charge in [0, 0.05) is 6.42 Å². The number of ketones is 1. The molecule has 1 N–H and O–H groups in total. The Kier molecular flexibility index (Phi) is 3.84. The number of thiazole rings is 1. The molecule has 1 unspecified atom stereocenters. The van der Waals surface area contributed by atoms with Gasteiger partial charge >= 0.3 is 0 Å². The number of carbonyl (C=O) groups is 2. The van der Waals surface area contributed by atoms with Crippen molar-refractivity contribution in [1.29, 1.82) is 0 Å². The van der Waals surface area contributed by atoms with Crippen LogP contribution in [0.15, 0.2) is 24.3 Å². The van der Waals surface area contributed by atoms with E-state index in [1.165, 1.54) is 24.2 Å². The average molecular weight is 342 g/mol. The van der Waals surface area contributed by atoms with E-state index in [4.69, 9.17) is 4.74 Å². The van der Waals surface area contributed by atoms with E-state index in [9.17, 15) is 9.59 Å². The fraction of sp³-hybridized carbons (Fsp3) is 0.389. The number of hydrogen-bond acceptors (Lipinski definition) is 5. The number of hydrogen-bond donors (Lipinski definition) is 1. The van der Waals surface area contributed by atoms with Gasteiger partial charge in [-0.3, -0.25) is 9.59 Å². The number of nitrogens with zero attached hydrogens (tertiary/aromatic N) is 1. The molecule has 1 aromatic heterocycles. The molecule has 2 aromatic rings.